The molecule has 6 nitrogen and oxygen atoms in total. The van der Waals surface area contributed by atoms with Gasteiger partial charge in [-0.3, -0.25) is 9.59 Å². The fourth-order valence-electron chi connectivity index (χ4n) is 3.33. The number of rotatable bonds is 4. The molecule has 2 aliphatic rings. The molecule has 1 saturated carbocycles. The number of nitrogens with one attached hydrogen (secondary N) is 1. The van der Waals surface area contributed by atoms with Crippen molar-refractivity contribution in [2.45, 2.75) is 44.2 Å². The molecule has 2 N–H and O–H groups in total. The minimum Gasteiger partial charge on any atom is -0.480 e. The largest absolute Gasteiger partial charge is 0.480 e. The lowest BCUT2D eigenvalue weighted by molar-refractivity contribution is -0.152. The van der Waals surface area contributed by atoms with E-state index in [9.17, 15) is 19.5 Å². The van der Waals surface area contributed by atoms with Crippen molar-refractivity contribution < 1.29 is 19.5 Å². The van der Waals surface area contributed by atoms with Gasteiger partial charge in [-0.05, 0) is 36.5 Å². The van der Waals surface area contributed by atoms with Gasteiger partial charge in [0.15, 0.2) is 0 Å². The molecule has 0 radical (unpaired) electrons. The van der Waals surface area contributed by atoms with E-state index in [1.54, 1.807) is 6.20 Å². The monoisotopic (exact) mass is 328 g/mol. The normalized spacial score (nSPS) is 20.7. The zero-order valence-electron chi connectivity index (χ0n) is 13.5. The molecule has 0 saturated heterocycles. The highest BCUT2D eigenvalue weighted by Gasteiger charge is 2.46. The van der Waals surface area contributed by atoms with E-state index in [0.29, 0.717) is 12.8 Å². The fraction of sp³-hybridized carbons (Fsp3) is 0.389. The highest BCUT2D eigenvalue weighted by molar-refractivity contribution is 5.89. The second kappa shape index (κ2) is 6.11. The molecule has 3 rings (SSSR count). The molecule has 1 aromatic rings. The van der Waals surface area contributed by atoms with Crippen molar-refractivity contribution in [1.29, 1.82) is 0 Å². The van der Waals surface area contributed by atoms with Gasteiger partial charge in [0.2, 0.25) is 11.8 Å². The van der Waals surface area contributed by atoms with Gasteiger partial charge in [0.05, 0.1) is 12.5 Å². The lowest BCUT2D eigenvalue weighted by Gasteiger charge is -2.39. The van der Waals surface area contributed by atoms with Crippen LogP contribution in [-0.4, -0.2) is 33.3 Å². The number of carbonyl (C=O) groups is 3. The Hall–Kier alpha value is -2.63. The summed E-state index contributed by atoms with van der Waals surface area (Å²) in [5.74, 6) is -1.50. The van der Waals surface area contributed by atoms with Crippen LogP contribution in [0.15, 0.2) is 30.5 Å². The maximum absolute atomic E-state index is 12.5. The van der Waals surface area contributed by atoms with E-state index in [1.807, 2.05) is 30.3 Å². The predicted octanol–water partition coefficient (Wildman–Crippen LogP) is 2.07. The Morgan fingerprint density at radius 3 is 2.58 bits per heavy atom. The molecule has 24 heavy (non-hydrogen) atoms. The molecule has 0 bridgehead atoms. The topological polar surface area (TPSA) is 86.7 Å². The number of benzene rings is 1. The zero-order chi connectivity index (χ0) is 17.3. The van der Waals surface area contributed by atoms with Gasteiger partial charge in [0.1, 0.15) is 5.54 Å². The summed E-state index contributed by atoms with van der Waals surface area (Å²) >= 11 is 0. The summed E-state index contributed by atoms with van der Waals surface area (Å²) in [4.78, 5) is 37.3. The Morgan fingerprint density at radius 2 is 2.00 bits per heavy atom. The first-order chi connectivity index (χ1) is 11.4. The van der Waals surface area contributed by atoms with Gasteiger partial charge >= 0.3 is 5.97 Å². The molecular formula is C18H20N2O4. The molecule has 2 amide bonds. The van der Waals surface area contributed by atoms with E-state index in [0.717, 1.165) is 17.5 Å². The SMILES string of the molecule is CC(=O)N1C=Cc2ccccc2C1CC(=O)NC1(C(=O)O)CCC1. The molecule has 1 heterocycles. The van der Waals surface area contributed by atoms with Crippen LogP contribution in [0.5, 0.6) is 0 Å². The summed E-state index contributed by atoms with van der Waals surface area (Å²) in [6.45, 7) is 1.45. The molecule has 1 unspecified atom stereocenters. The van der Waals surface area contributed by atoms with Gasteiger partial charge in [-0.2, -0.15) is 0 Å². The number of carboxylic acid groups (broad SMARTS) is 1. The van der Waals surface area contributed by atoms with Crippen LogP contribution in [0.3, 0.4) is 0 Å². The molecule has 6 heteroatoms. The van der Waals surface area contributed by atoms with E-state index in [-0.39, 0.29) is 18.2 Å². The minimum atomic E-state index is -1.14. The van der Waals surface area contributed by atoms with Crippen LogP contribution in [0.25, 0.3) is 6.08 Å². The third kappa shape index (κ3) is 2.79. The van der Waals surface area contributed by atoms with Gasteiger partial charge in [-0.15, -0.1) is 0 Å². The number of aliphatic carboxylic acids is 1. The average molecular weight is 328 g/mol. The van der Waals surface area contributed by atoms with Crippen molar-refractivity contribution in [3.8, 4) is 0 Å². The van der Waals surface area contributed by atoms with E-state index in [2.05, 4.69) is 5.32 Å². The van der Waals surface area contributed by atoms with Crippen LogP contribution in [-0.2, 0) is 14.4 Å². The van der Waals surface area contributed by atoms with Crippen LogP contribution in [0.2, 0.25) is 0 Å². The van der Waals surface area contributed by atoms with Gasteiger partial charge in [0.25, 0.3) is 0 Å². The molecular weight excluding hydrogens is 308 g/mol. The number of hydrogen-bond donors (Lipinski definition) is 2. The van der Waals surface area contributed by atoms with Crippen LogP contribution in [0.1, 0.15) is 49.8 Å². The van der Waals surface area contributed by atoms with Gasteiger partial charge in [-0.25, -0.2) is 4.79 Å². The summed E-state index contributed by atoms with van der Waals surface area (Å²) in [6.07, 6.45) is 5.25. The van der Waals surface area contributed by atoms with Gasteiger partial charge in [0, 0.05) is 13.1 Å². The molecule has 0 spiro atoms. The molecule has 1 aliphatic carbocycles. The van der Waals surface area contributed by atoms with Crippen molar-refractivity contribution in [3.63, 3.8) is 0 Å². The number of hydrogen-bond acceptors (Lipinski definition) is 3. The molecule has 1 atom stereocenters. The lowest BCUT2D eigenvalue weighted by Crippen LogP contribution is -2.59. The van der Waals surface area contributed by atoms with Crippen LogP contribution < -0.4 is 5.32 Å². The summed E-state index contributed by atoms with van der Waals surface area (Å²) in [5, 5.41) is 12.0. The molecule has 1 aromatic carbocycles. The molecule has 126 valence electrons. The van der Waals surface area contributed by atoms with Crippen molar-refractivity contribution in [2.24, 2.45) is 0 Å². The van der Waals surface area contributed by atoms with Crippen molar-refractivity contribution in [1.82, 2.24) is 10.2 Å². The zero-order valence-corrected chi connectivity index (χ0v) is 13.5. The third-order valence-corrected chi connectivity index (χ3v) is 4.84. The summed E-state index contributed by atoms with van der Waals surface area (Å²) in [5.41, 5.74) is 0.718. The summed E-state index contributed by atoms with van der Waals surface area (Å²) < 4.78 is 0. The fourth-order valence-corrected chi connectivity index (χ4v) is 3.33. The van der Waals surface area contributed by atoms with Crippen LogP contribution in [0.4, 0.5) is 0 Å². The Bertz CT molecular complexity index is 721. The highest BCUT2D eigenvalue weighted by Crippen LogP contribution is 2.35. The van der Waals surface area contributed by atoms with Crippen molar-refractivity contribution in [3.05, 3.63) is 41.6 Å². The van der Waals surface area contributed by atoms with Crippen LogP contribution >= 0.6 is 0 Å². The van der Waals surface area contributed by atoms with Crippen molar-refractivity contribution >= 4 is 23.9 Å². The Kier molecular flexibility index (Phi) is 4.13. The first kappa shape index (κ1) is 16.2. The third-order valence-electron chi connectivity index (χ3n) is 4.84. The van der Waals surface area contributed by atoms with Crippen molar-refractivity contribution in [2.75, 3.05) is 0 Å². The summed E-state index contributed by atoms with van der Waals surface area (Å²) in [7, 11) is 0. The standard InChI is InChI=1S/C18H20N2O4/c1-12(21)20-10-7-13-5-2-3-6-14(13)15(20)11-16(22)19-18(17(23)24)8-4-9-18/h2-3,5-7,10,15H,4,8-9,11H2,1H3,(H,19,22)(H,23,24). The smallest absolute Gasteiger partial charge is 0.329 e. The number of nitrogens with zero attached hydrogens (tertiary/aromatic N) is 1. The first-order valence-electron chi connectivity index (χ1n) is 8.03. The second-order valence-corrected chi connectivity index (χ2v) is 6.38. The predicted molar refractivity (Wildman–Crippen MR) is 87.7 cm³/mol. The molecule has 0 aromatic heterocycles. The quantitative estimate of drug-likeness (QED) is 0.886. The van der Waals surface area contributed by atoms with Gasteiger partial charge < -0.3 is 15.3 Å². The van der Waals surface area contributed by atoms with E-state index >= 15 is 0 Å². The maximum Gasteiger partial charge on any atom is 0.329 e. The Labute approximate surface area is 140 Å². The Morgan fingerprint density at radius 1 is 1.29 bits per heavy atom. The van der Waals surface area contributed by atoms with E-state index < -0.39 is 17.6 Å². The first-order valence-corrected chi connectivity index (χ1v) is 8.03. The highest BCUT2D eigenvalue weighted by atomic mass is 16.4. The van der Waals surface area contributed by atoms with E-state index in [4.69, 9.17) is 0 Å². The van der Waals surface area contributed by atoms with E-state index in [1.165, 1.54) is 11.8 Å². The minimum absolute atomic E-state index is 0.0377. The Balaban J connectivity index is 1.81. The maximum atomic E-state index is 12.5. The number of carbonyl (C=O) groups excluding carboxylic acids is 2. The number of amides is 2. The lowest BCUT2D eigenvalue weighted by atomic mass is 9.76. The average Bonchev–Trinajstić information content (AvgIpc) is 2.50. The summed E-state index contributed by atoms with van der Waals surface area (Å²) in [6, 6.07) is 7.17. The van der Waals surface area contributed by atoms with Crippen LogP contribution in [0, 0.1) is 0 Å². The number of carboxylic acids is 1. The number of fused-ring (bicyclic) bond motifs is 1. The molecule has 1 fully saturated rings. The van der Waals surface area contributed by atoms with Gasteiger partial charge in [-0.1, -0.05) is 24.3 Å². The molecule has 1 aliphatic heterocycles. The second-order valence-electron chi connectivity index (χ2n) is 6.38.